The fraction of sp³-hybridized carbons (Fsp3) is 0.176. The van der Waals surface area contributed by atoms with Crippen molar-refractivity contribution in [1.29, 1.82) is 0 Å². The standard InChI is InChI=1S/C17H16N4O4/c1-25-13-6-2-5-12(8-13)21-15(22)9-14(17(21)24)19-20-16(23)11-4-3-7-18-10-11/h2-8,10,14,19H,9H2,1H3,(H,20,23)/t14-/m0/s1. The molecule has 0 unspecified atom stereocenters. The number of hydrogen-bond acceptors (Lipinski definition) is 6. The Morgan fingerprint density at radius 3 is 2.84 bits per heavy atom. The number of rotatable bonds is 5. The van der Waals surface area contributed by atoms with Crippen LogP contribution in [-0.4, -0.2) is 35.9 Å². The van der Waals surface area contributed by atoms with Crippen molar-refractivity contribution in [2.75, 3.05) is 12.0 Å². The first-order chi connectivity index (χ1) is 12.1. The minimum absolute atomic E-state index is 0.0522. The molecule has 1 aliphatic rings. The van der Waals surface area contributed by atoms with Crippen LogP contribution in [0, 0.1) is 0 Å². The Kier molecular flexibility index (Phi) is 4.71. The molecular weight excluding hydrogens is 324 g/mol. The zero-order chi connectivity index (χ0) is 17.8. The predicted molar refractivity (Wildman–Crippen MR) is 88.7 cm³/mol. The van der Waals surface area contributed by atoms with Gasteiger partial charge in [-0.1, -0.05) is 6.07 Å². The molecule has 1 atom stereocenters. The Bertz CT molecular complexity index is 809. The average Bonchev–Trinajstić information content (AvgIpc) is 2.94. The first-order valence-electron chi connectivity index (χ1n) is 7.57. The summed E-state index contributed by atoms with van der Waals surface area (Å²) in [6.45, 7) is 0. The van der Waals surface area contributed by atoms with Crippen molar-refractivity contribution in [1.82, 2.24) is 15.8 Å². The quantitative estimate of drug-likeness (QED) is 0.612. The van der Waals surface area contributed by atoms with E-state index in [0.717, 1.165) is 4.90 Å². The monoisotopic (exact) mass is 340 g/mol. The first kappa shape index (κ1) is 16.6. The molecule has 25 heavy (non-hydrogen) atoms. The lowest BCUT2D eigenvalue weighted by atomic mass is 10.2. The Morgan fingerprint density at radius 1 is 1.28 bits per heavy atom. The van der Waals surface area contributed by atoms with E-state index in [1.165, 1.54) is 13.3 Å². The van der Waals surface area contributed by atoms with Gasteiger partial charge in [0.1, 0.15) is 11.8 Å². The van der Waals surface area contributed by atoms with Gasteiger partial charge in [-0.25, -0.2) is 10.3 Å². The van der Waals surface area contributed by atoms with Crippen LogP contribution in [-0.2, 0) is 9.59 Å². The number of benzene rings is 1. The number of methoxy groups -OCH3 is 1. The summed E-state index contributed by atoms with van der Waals surface area (Å²) in [5.74, 6) is -0.691. The molecule has 0 saturated carbocycles. The van der Waals surface area contributed by atoms with Gasteiger partial charge in [0, 0.05) is 18.5 Å². The van der Waals surface area contributed by atoms with E-state index in [0.29, 0.717) is 17.0 Å². The van der Waals surface area contributed by atoms with E-state index in [9.17, 15) is 14.4 Å². The van der Waals surface area contributed by atoms with E-state index >= 15 is 0 Å². The maximum absolute atomic E-state index is 12.5. The lowest BCUT2D eigenvalue weighted by molar-refractivity contribution is -0.121. The van der Waals surface area contributed by atoms with Crippen LogP contribution in [0.4, 0.5) is 5.69 Å². The number of nitrogens with zero attached hydrogens (tertiary/aromatic N) is 2. The highest BCUT2D eigenvalue weighted by molar-refractivity contribution is 6.22. The molecule has 1 fully saturated rings. The highest BCUT2D eigenvalue weighted by atomic mass is 16.5. The highest BCUT2D eigenvalue weighted by Crippen LogP contribution is 2.26. The van der Waals surface area contributed by atoms with Gasteiger partial charge in [0.25, 0.3) is 11.8 Å². The van der Waals surface area contributed by atoms with Crippen molar-refractivity contribution in [2.24, 2.45) is 0 Å². The number of hydrazine groups is 1. The summed E-state index contributed by atoms with van der Waals surface area (Å²) in [6.07, 6.45) is 2.90. The third kappa shape index (κ3) is 3.48. The van der Waals surface area contributed by atoms with Gasteiger partial charge < -0.3 is 4.74 Å². The number of anilines is 1. The van der Waals surface area contributed by atoms with Crippen molar-refractivity contribution in [2.45, 2.75) is 12.5 Å². The van der Waals surface area contributed by atoms with Gasteiger partial charge in [0.2, 0.25) is 5.91 Å². The largest absolute Gasteiger partial charge is 0.497 e. The van der Waals surface area contributed by atoms with Crippen molar-refractivity contribution < 1.29 is 19.1 Å². The number of imide groups is 1. The van der Waals surface area contributed by atoms with Crippen LogP contribution in [0.15, 0.2) is 48.8 Å². The van der Waals surface area contributed by atoms with E-state index < -0.39 is 17.9 Å². The molecule has 1 aromatic heterocycles. The van der Waals surface area contributed by atoms with Crippen LogP contribution >= 0.6 is 0 Å². The molecule has 8 nitrogen and oxygen atoms in total. The molecule has 3 rings (SSSR count). The zero-order valence-electron chi connectivity index (χ0n) is 13.4. The molecule has 2 aromatic rings. The summed E-state index contributed by atoms with van der Waals surface area (Å²) in [5, 5.41) is 0. The van der Waals surface area contributed by atoms with Crippen LogP contribution in [0.25, 0.3) is 0 Å². The van der Waals surface area contributed by atoms with Gasteiger partial charge in [-0.15, -0.1) is 0 Å². The number of carbonyl (C=O) groups is 3. The topological polar surface area (TPSA) is 101 Å². The second-order valence-electron chi connectivity index (χ2n) is 5.37. The predicted octanol–water partition coefficient (Wildman–Crippen LogP) is 0.657. The first-order valence-corrected chi connectivity index (χ1v) is 7.57. The third-order valence-corrected chi connectivity index (χ3v) is 3.74. The number of hydrogen-bond donors (Lipinski definition) is 2. The molecule has 1 aromatic carbocycles. The minimum Gasteiger partial charge on any atom is -0.497 e. The van der Waals surface area contributed by atoms with E-state index in [-0.39, 0.29) is 12.3 Å². The summed E-state index contributed by atoms with van der Waals surface area (Å²) in [7, 11) is 1.51. The lowest BCUT2D eigenvalue weighted by Gasteiger charge is -2.16. The summed E-state index contributed by atoms with van der Waals surface area (Å²) in [4.78, 5) is 41.6. The SMILES string of the molecule is COc1cccc(N2C(=O)C[C@H](NNC(=O)c3cccnc3)C2=O)c1. The number of carbonyl (C=O) groups excluding carboxylic acids is 3. The van der Waals surface area contributed by atoms with E-state index in [2.05, 4.69) is 15.8 Å². The number of ether oxygens (including phenoxy) is 1. The summed E-state index contributed by atoms with van der Waals surface area (Å²) < 4.78 is 5.11. The van der Waals surface area contributed by atoms with Gasteiger partial charge >= 0.3 is 0 Å². The molecule has 3 amide bonds. The second-order valence-corrected chi connectivity index (χ2v) is 5.37. The molecule has 0 bridgehead atoms. The molecule has 128 valence electrons. The van der Waals surface area contributed by atoms with Crippen LogP contribution in [0.3, 0.4) is 0 Å². The minimum atomic E-state index is -0.834. The van der Waals surface area contributed by atoms with Crippen LogP contribution in [0.5, 0.6) is 5.75 Å². The zero-order valence-corrected chi connectivity index (χ0v) is 13.4. The van der Waals surface area contributed by atoms with E-state index in [1.807, 2.05) is 0 Å². The molecule has 2 heterocycles. The van der Waals surface area contributed by atoms with Gasteiger partial charge in [0.05, 0.1) is 24.8 Å². The highest BCUT2D eigenvalue weighted by Gasteiger charge is 2.39. The molecule has 0 radical (unpaired) electrons. The summed E-state index contributed by atoms with van der Waals surface area (Å²) in [5.41, 5.74) is 5.82. The normalized spacial score (nSPS) is 16.8. The molecule has 0 spiro atoms. The number of pyridine rings is 1. The van der Waals surface area contributed by atoms with Crippen LogP contribution < -0.4 is 20.5 Å². The summed E-state index contributed by atoms with van der Waals surface area (Å²) >= 11 is 0. The molecule has 8 heteroatoms. The lowest BCUT2D eigenvalue weighted by Crippen LogP contribution is -2.48. The van der Waals surface area contributed by atoms with Crippen LogP contribution in [0.1, 0.15) is 16.8 Å². The number of amides is 3. The average molecular weight is 340 g/mol. The second kappa shape index (κ2) is 7.10. The van der Waals surface area contributed by atoms with E-state index in [4.69, 9.17) is 4.74 Å². The fourth-order valence-corrected chi connectivity index (χ4v) is 2.49. The van der Waals surface area contributed by atoms with Gasteiger partial charge in [-0.2, -0.15) is 0 Å². The molecule has 0 aliphatic carbocycles. The number of nitrogens with one attached hydrogen (secondary N) is 2. The van der Waals surface area contributed by atoms with Crippen molar-refractivity contribution in [3.8, 4) is 5.75 Å². The van der Waals surface area contributed by atoms with Crippen molar-refractivity contribution >= 4 is 23.4 Å². The maximum atomic E-state index is 12.5. The molecule has 1 saturated heterocycles. The van der Waals surface area contributed by atoms with Crippen molar-refractivity contribution in [3.63, 3.8) is 0 Å². The van der Waals surface area contributed by atoms with Crippen LogP contribution in [0.2, 0.25) is 0 Å². The Hall–Kier alpha value is -3.26. The van der Waals surface area contributed by atoms with Crippen molar-refractivity contribution in [3.05, 3.63) is 54.4 Å². The molecular formula is C17H16N4O4. The maximum Gasteiger partial charge on any atom is 0.266 e. The van der Waals surface area contributed by atoms with Gasteiger partial charge in [0.15, 0.2) is 0 Å². The molecule has 2 N–H and O–H groups in total. The Balaban J connectivity index is 1.68. The van der Waals surface area contributed by atoms with Gasteiger partial charge in [-0.3, -0.25) is 24.8 Å². The Morgan fingerprint density at radius 2 is 2.12 bits per heavy atom. The van der Waals surface area contributed by atoms with Gasteiger partial charge in [-0.05, 0) is 24.3 Å². The summed E-state index contributed by atoms with van der Waals surface area (Å²) in [6, 6.07) is 9.05. The third-order valence-electron chi connectivity index (χ3n) is 3.74. The van der Waals surface area contributed by atoms with E-state index in [1.54, 1.807) is 42.6 Å². The molecule has 1 aliphatic heterocycles. The fourth-order valence-electron chi connectivity index (χ4n) is 2.49. The number of aromatic nitrogens is 1. The Labute approximate surface area is 143 Å². The smallest absolute Gasteiger partial charge is 0.266 e.